The van der Waals surface area contributed by atoms with E-state index in [9.17, 15) is 14.4 Å². The largest absolute Gasteiger partial charge is 0.500 e. The summed E-state index contributed by atoms with van der Waals surface area (Å²) in [6.07, 6.45) is 1.55. The topological polar surface area (TPSA) is 89.7 Å². The van der Waals surface area contributed by atoms with Crippen LogP contribution in [0.4, 0.5) is 4.79 Å². The Balaban J connectivity index is 2.26. The molecular weight excluding hydrogens is 270 g/mol. The van der Waals surface area contributed by atoms with Gasteiger partial charge in [0.25, 0.3) is 5.91 Å². The average molecular weight is 284 g/mol. The molecule has 0 bridgehead atoms. The molecule has 1 unspecified atom stereocenters. The van der Waals surface area contributed by atoms with Crippen molar-refractivity contribution in [1.29, 1.82) is 0 Å². The molecule has 1 atom stereocenters. The maximum Gasteiger partial charge on any atom is 0.500 e. The predicted octanol–water partition coefficient (Wildman–Crippen LogP) is -1.03. The van der Waals surface area contributed by atoms with Crippen LogP contribution in [-0.4, -0.2) is 64.7 Å². The fraction of sp³-hybridized carbons (Fsp3) is 0.455. The highest BCUT2D eigenvalue weighted by Gasteiger charge is 2.48. The molecule has 0 saturated heterocycles. The monoisotopic (exact) mass is 284 g/mol. The van der Waals surface area contributed by atoms with Crippen LogP contribution >= 0.6 is 11.8 Å². The van der Waals surface area contributed by atoms with Crippen LogP contribution in [0.1, 0.15) is 0 Å². The molecule has 2 rings (SSSR count). The molecule has 0 aromatic heterocycles. The minimum absolute atomic E-state index is 0.149. The lowest BCUT2D eigenvalue weighted by molar-refractivity contribution is -0.403. The molecular formula is C11H14N3O4S+. The van der Waals surface area contributed by atoms with Gasteiger partial charge in [0, 0.05) is 6.54 Å². The number of carbonyl (C=O) groups is 3. The summed E-state index contributed by atoms with van der Waals surface area (Å²) in [5, 5.41) is 11.7. The summed E-state index contributed by atoms with van der Waals surface area (Å²) in [7, 11) is 2.99. The maximum absolute atomic E-state index is 12.0. The molecule has 102 valence electrons. The fourth-order valence-electron chi connectivity index (χ4n) is 1.89. The molecule has 2 aliphatic heterocycles. The summed E-state index contributed by atoms with van der Waals surface area (Å²) in [5.74, 6) is -1.26. The number of imide groups is 1. The number of amides is 4. The lowest BCUT2D eigenvalue weighted by atomic mass is 10.1. The van der Waals surface area contributed by atoms with Gasteiger partial charge in [-0.1, -0.05) is 0 Å². The number of nitrogens with zero attached hydrogens (tertiary/aromatic N) is 2. The average Bonchev–Trinajstić information content (AvgIpc) is 2.85. The number of aliphatic hydroxyl groups is 1. The van der Waals surface area contributed by atoms with Crippen LogP contribution < -0.4 is 5.32 Å². The second-order valence-corrected chi connectivity index (χ2v) is 5.23. The Morgan fingerprint density at radius 3 is 2.89 bits per heavy atom. The quantitative estimate of drug-likeness (QED) is 0.647. The number of hydrogen-bond donors (Lipinski definition) is 2. The van der Waals surface area contributed by atoms with Gasteiger partial charge in [-0.05, 0) is 17.8 Å². The van der Waals surface area contributed by atoms with Crippen molar-refractivity contribution in [2.45, 2.75) is 0 Å². The van der Waals surface area contributed by atoms with E-state index in [1.165, 1.54) is 11.6 Å². The Morgan fingerprint density at radius 2 is 2.26 bits per heavy atom. The van der Waals surface area contributed by atoms with Crippen LogP contribution in [0.2, 0.25) is 0 Å². The zero-order chi connectivity index (χ0) is 14.2. The molecule has 2 heterocycles. The van der Waals surface area contributed by atoms with E-state index >= 15 is 0 Å². The van der Waals surface area contributed by atoms with Crippen molar-refractivity contribution in [3.8, 4) is 0 Å². The van der Waals surface area contributed by atoms with Crippen molar-refractivity contribution >= 4 is 34.7 Å². The van der Waals surface area contributed by atoms with Gasteiger partial charge in [0.2, 0.25) is 0 Å². The molecule has 7 nitrogen and oxygen atoms in total. The number of aliphatic hydroxyl groups excluding tert-OH is 1. The molecule has 8 heteroatoms. The zero-order valence-corrected chi connectivity index (χ0v) is 11.4. The Labute approximate surface area is 114 Å². The molecule has 4 amide bonds. The van der Waals surface area contributed by atoms with Crippen molar-refractivity contribution in [2.75, 3.05) is 27.2 Å². The van der Waals surface area contributed by atoms with Crippen LogP contribution in [0.5, 0.6) is 0 Å². The molecule has 2 N–H and O–H groups in total. The van der Waals surface area contributed by atoms with Gasteiger partial charge in [-0.25, -0.2) is 4.79 Å². The van der Waals surface area contributed by atoms with E-state index in [2.05, 4.69) is 5.32 Å². The van der Waals surface area contributed by atoms with Gasteiger partial charge in [0.1, 0.15) is 5.92 Å². The summed E-state index contributed by atoms with van der Waals surface area (Å²) in [6.45, 7) is 0.00307. The van der Waals surface area contributed by atoms with Crippen molar-refractivity contribution in [3.05, 3.63) is 11.0 Å². The summed E-state index contributed by atoms with van der Waals surface area (Å²) < 4.78 is 1.37. The standard InChI is InChI=1S/C11H13N3O4S/c1-13-9(17)6-5-7(8(16)12-3-4-15)19-10(6)14(2)11(13)18/h5-6,15H,3-4H2,1-2H3/p+1. The lowest BCUT2D eigenvalue weighted by Gasteiger charge is -2.18. The molecule has 19 heavy (non-hydrogen) atoms. The maximum atomic E-state index is 12.0. The van der Waals surface area contributed by atoms with Gasteiger partial charge < -0.3 is 10.4 Å². The minimum Gasteiger partial charge on any atom is -0.395 e. The SMILES string of the molecule is CN1C(=O)C2C=C(C(=O)NCCO)SC2=[N+](C)C1=O. The van der Waals surface area contributed by atoms with Crippen molar-refractivity contribution in [1.82, 2.24) is 10.2 Å². The molecule has 2 aliphatic rings. The van der Waals surface area contributed by atoms with Gasteiger partial charge in [0.05, 0.1) is 25.6 Å². The highest BCUT2D eigenvalue weighted by molar-refractivity contribution is 8.18. The van der Waals surface area contributed by atoms with E-state index in [1.54, 1.807) is 13.1 Å². The number of thioether (sulfide) groups is 1. The predicted molar refractivity (Wildman–Crippen MR) is 68.6 cm³/mol. The van der Waals surface area contributed by atoms with Gasteiger partial charge in [-0.2, -0.15) is 14.3 Å². The normalized spacial score (nSPS) is 22.6. The third-order valence-electron chi connectivity index (χ3n) is 2.92. The first-order chi connectivity index (χ1) is 8.97. The molecule has 0 aliphatic carbocycles. The van der Waals surface area contributed by atoms with Crippen LogP contribution in [0.3, 0.4) is 0 Å². The Morgan fingerprint density at radius 1 is 1.58 bits per heavy atom. The number of urea groups is 1. The Hall–Kier alpha value is -1.67. The van der Waals surface area contributed by atoms with Crippen molar-refractivity contribution in [2.24, 2.45) is 5.92 Å². The number of rotatable bonds is 3. The third kappa shape index (κ3) is 2.28. The van der Waals surface area contributed by atoms with Gasteiger partial charge in [-0.3, -0.25) is 4.79 Å². The van der Waals surface area contributed by atoms with Crippen LogP contribution in [0.25, 0.3) is 0 Å². The summed E-state index contributed by atoms with van der Waals surface area (Å²) in [6, 6.07) is -0.408. The molecule has 0 aromatic carbocycles. The van der Waals surface area contributed by atoms with Crippen molar-refractivity contribution in [3.63, 3.8) is 0 Å². The van der Waals surface area contributed by atoms with E-state index in [4.69, 9.17) is 5.11 Å². The first kappa shape index (κ1) is 13.8. The number of carbonyl (C=O) groups excluding carboxylic acids is 3. The van der Waals surface area contributed by atoms with E-state index in [-0.39, 0.29) is 25.0 Å². The van der Waals surface area contributed by atoms with Crippen molar-refractivity contribution < 1.29 is 24.1 Å². The Kier molecular flexibility index (Phi) is 3.72. The van der Waals surface area contributed by atoms with Crippen LogP contribution in [0.15, 0.2) is 11.0 Å². The molecule has 0 saturated carbocycles. The smallest absolute Gasteiger partial charge is 0.395 e. The molecule has 0 aromatic rings. The number of nitrogens with one attached hydrogen (secondary N) is 1. The fourth-order valence-corrected chi connectivity index (χ4v) is 2.99. The van der Waals surface area contributed by atoms with Crippen LogP contribution in [0, 0.1) is 5.92 Å². The minimum atomic E-state index is -0.576. The molecule has 0 spiro atoms. The highest BCUT2D eigenvalue weighted by Crippen LogP contribution is 2.35. The summed E-state index contributed by atoms with van der Waals surface area (Å²) in [4.78, 5) is 36.9. The molecule has 0 fully saturated rings. The van der Waals surface area contributed by atoms with E-state index < -0.39 is 11.9 Å². The lowest BCUT2D eigenvalue weighted by Crippen LogP contribution is -2.49. The number of fused-ring (bicyclic) bond motifs is 1. The van der Waals surface area contributed by atoms with E-state index in [0.717, 1.165) is 16.7 Å². The van der Waals surface area contributed by atoms with E-state index in [0.29, 0.717) is 9.95 Å². The third-order valence-corrected chi connectivity index (χ3v) is 4.20. The first-order valence-electron chi connectivity index (χ1n) is 5.68. The zero-order valence-electron chi connectivity index (χ0n) is 10.5. The van der Waals surface area contributed by atoms with E-state index in [1.807, 2.05) is 0 Å². The Bertz CT molecular complexity index is 526. The van der Waals surface area contributed by atoms with Gasteiger partial charge in [0.15, 0.2) is 5.04 Å². The second-order valence-electron chi connectivity index (χ2n) is 4.17. The molecule has 0 radical (unpaired) electrons. The van der Waals surface area contributed by atoms with Crippen LogP contribution in [-0.2, 0) is 9.59 Å². The van der Waals surface area contributed by atoms with Gasteiger partial charge >= 0.3 is 11.9 Å². The second kappa shape index (κ2) is 5.14. The first-order valence-corrected chi connectivity index (χ1v) is 6.50. The summed E-state index contributed by atoms with van der Waals surface area (Å²) in [5.41, 5.74) is 0. The number of hydrogen-bond acceptors (Lipinski definition) is 5. The summed E-state index contributed by atoms with van der Waals surface area (Å²) >= 11 is 1.11. The highest BCUT2D eigenvalue weighted by atomic mass is 32.2. The van der Waals surface area contributed by atoms with Gasteiger partial charge in [-0.15, -0.1) is 0 Å².